The highest BCUT2D eigenvalue weighted by molar-refractivity contribution is 6.02. The summed E-state index contributed by atoms with van der Waals surface area (Å²) in [4.78, 5) is 37.4. The van der Waals surface area contributed by atoms with Gasteiger partial charge in [-0.3, -0.25) is 9.69 Å². The van der Waals surface area contributed by atoms with Crippen molar-refractivity contribution in [2.24, 2.45) is 0 Å². The molecule has 2 saturated heterocycles. The third-order valence-corrected chi connectivity index (χ3v) is 5.42. The van der Waals surface area contributed by atoms with E-state index in [-0.39, 0.29) is 18.2 Å². The Morgan fingerprint density at radius 2 is 2.23 bits per heavy atom. The minimum absolute atomic E-state index is 0.168. The molecule has 9 heteroatoms. The number of nitriles is 1. The first kappa shape index (κ1) is 21.6. The van der Waals surface area contributed by atoms with Crippen molar-refractivity contribution in [1.29, 1.82) is 5.26 Å². The van der Waals surface area contributed by atoms with Crippen molar-refractivity contribution in [2.45, 2.75) is 52.4 Å². The number of esters is 1. The second kappa shape index (κ2) is 9.13. The molecule has 0 bridgehead atoms. The topological polar surface area (TPSA) is 114 Å². The van der Waals surface area contributed by atoms with E-state index in [0.29, 0.717) is 6.54 Å². The predicted octanol–water partition coefficient (Wildman–Crippen LogP) is 1.67. The number of rotatable bonds is 6. The summed E-state index contributed by atoms with van der Waals surface area (Å²) in [6.07, 6.45) is 2.53. The lowest BCUT2D eigenvalue weighted by atomic mass is 10.1. The average Bonchev–Trinajstić information content (AvgIpc) is 3.43. The molecule has 1 aromatic rings. The van der Waals surface area contributed by atoms with Gasteiger partial charge < -0.3 is 19.4 Å². The summed E-state index contributed by atoms with van der Waals surface area (Å²) in [7, 11) is 0. The summed E-state index contributed by atoms with van der Waals surface area (Å²) in [5, 5.41) is 12.0. The van der Waals surface area contributed by atoms with Gasteiger partial charge in [-0.1, -0.05) is 0 Å². The van der Waals surface area contributed by atoms with Crippen LogP contribution in [0.15, 0.2) is 11.6 Å². The lowest BCUT2D eigenvalue weighted by Crippen LogP contribution is -2.41. The smallest absolute Gasteiger partial charge is 0.349 e. The van der Waals surface area contributed by atoms with Gasteiger partial charge in [-0.25, -0.2) is 9.59 Å². The number of carbonyl (C=O) groups is 3. The molecular weight excluding hydrogens is 388 g/mol. The lowest BCUT2D eigenvalue weighted by molar-refractivity contribution is -0.153. The van der Waals surface area contributed by atoms with Crippen LogP contribution in [0.2, 0.25) is 0 Å². The van der Waals surface area contributed by atoms with Gasteiger partial charge in [0.05, 0.1) is 6.10 Å². The molecule has 0 spiro atoms. The summed E-state index contributed by atoms with van der Waals surface area (Å²) >= 11 is 0. The van der Waals surface area contributed by atoms with Gasteiger partial charge in [0.25, 0.3) is 5.91 Å². The van der Waals surface area contributed by atoms with Crippen molar-refractivity contribution in [3.05, 3.63) is 28.6 Å². The van der Waals surface area contributed by atoms with Crippen molar-refractivity contribution in [3.8, 4) is 6.07 Å². The highest BCUT2D eigenvalue weighted by Crippen LogP contribution is 2.22. The molecule has 9 nitrogen and oxygen atoms in total. The molecule has 2 fully saturated rings. The first-order valence-corrected chi connectivity index (χ1v) is 10.0. The van der Waals surface area contributed by atoms with E-state index in [4.69, 9.17) is 9.47 Å². The Morgan fingerprint density at radius 1 is 1.47 bits per heavy atom. The molecule has 1 N–H and O–H groups in total. The summed E-state index contributed by atoms with van der Waals surface area (Å²) in [5.41, 5.74) is 2.44. The van der Waals surface area contributed by atoms with Crippen molar-refractivity contribution in [3.63, 3.8) is 0 Å². The first-order valence-electron chi connectivity index (χ1n) is 10.0. The second-order valence-electron chi connectivity index (χ2n) is 7.51. The van der Waals surface area contributed by atoms with Crippen molar-refractivity contribution < 1.29 is 23.9 Å². The molecule has 0 saturated carbocycles. The van der Waals surface area contributed by atoms with Gasteiger partial charge in [-0.05, 0) is 51.3 Å². The maximum absolute atomic E-state index is 12.5. The molecule has 3 amide bonds. The Balaban J connectivity index is 1.71. The van der Waals surface area contributed by atoms with Crippen LogP contribution in [0, 0.1) is 25.2 Å². The van der Waals surface area contributed by atoms with Gasteiger partial charge in [0.2, 0.25) is 0 Å². The number of nitrogens with one attached hydrogen (secondary N) is 1. The summed E-state index contributed by atoms with van der Waals surface area (Å²) in [6, 6.07) is 3.24. The highest BCUT2D eigenvalue weighted by atomic mass is 16.5. The third-order valence-electron chi connectivity index (χ3n) is 5.42. The summed E-state index contributed by atoms with van der Waals surface area (Å²) in [5.74, 6) is -1.52. The van der Waals surface area contributed by atoms with Gasteiger partial charge in [0.15, 0.2) is 6.10 Å². The van der Waals surface area contributed by atoms with E-state index in [0.717, 1.165) is 47.8 Å². The third kappa shape index (κ3) is 4.54. The Morgan fingerprint density at radius 3 is 2.83 bits per heavy atom. The number of aryl methyl sites for hydroxylation is 1. The largest absolute Gasteiger partial charge is 0.448 e. The van der Waals surface area contributed by atoms with Gasteiger partial charge in [-0.2, -0.15) is 5.26 Å². The normalized spacial score (nSPS) is 20.1. The number of hydrogen-bond donors (Lipinski definition) is 1. The molecule has 30 heavy (non-hydrogen) atoms. The number of urea groups is 1. The Bertz CT molecular complexity index is 921. The Labute approximate surface area is 175 Å². The van der Waals surface area contributed by atoms with Crippen LogP contribution in [0.4, 0.5) is 4.79 Å². The van der Waals surface area contributed by atoms with Crippen LogP contribution in [-0.2, 0) is 25.6 Å². The number of aromatic nitrogens is 1. The maximum atomic E-state index is 12.5. The van der Waals surface area contributed by atoms with Crippen LogP contribution < -0.4 is 5.32 Å². The zero-order valence-electron chi connectivity index (χ0n) is 17.4. The minimum Gasteiger partial charge on any atom is -0.448 e. The zero-order valence-corrected chi connectivity index (χ0v) is 17.4. The fourth-order valence-electron chi connectivity index (χ4n) is 3.71. The van der Waals surface area contributed by atoms with E-state index in [1.54, 1.807) is 0 Å². The van der Waals surface area contributed by atoms with Crippen LogP contribution in [0.1, 0.15) is 36.7 Å². The Hall–Kier alpha value is -3.12. The SMILES string of the molecule is Cc1cc(/C=C(\C#N)C(=O)O[C@@H](C)C(=O)N2CCNC2=O)c(C)n1C[C@H]1CCCO1. The minimum atomic E-state index is -1.18. The maximum Gasteiger partial charge on any atom is 0.349 e. The second-order valence-corrected chi connectivity index (χ2v) is 7.51. The van der Waals surface area contributed by atoms with E-state index in [1.165, 1.54) is 13.0 Å². The molecule has 2 atom stereocenters. The fourth-order valence-corrected chi connectivity index (χ4v) is 3.71. The molecular formula is C21H26N4O5. The van der Waals surface area contributed by atoms with Crippen molar-refractivity contribution >= 4 is 24.0 Å². The van der Waals surface area contributed by atoms with Gasteiger partial charge >= 0.3 is 12.0 Å². The Kier molecular flexibility index (Phi) is 6.57. The molecule has 160 valence electrons. The van der Waals surface area contributed by atoms with Gasteiger partial charge in [0.1, 0.15) is 11.6 Å². The van der Waals surface area contributed by atoms with Gasteiger partial charge in [0, 0.05) is 37.6 Å². The highest BCUT2D eigenvalue weighted by Gasteiger charge is 2.32. The van der Waals surface area contributed by atoms with Crippen LogP contribution in [0.5, 0.6) is 0 Å². The zero-order chi connectivity index (χ0) is 21.8. The first-order chi connectivity index (χ1) is 14.3. The molecule has 0 aromatic carbocycles. The van der Waals surface area contributed by atoms with Gasteiger partial charge in [-0.15, -0.1) is 0 Å². The average molecular weight is 414 g/mol. The number of ether oxygens (including phenoxy) is 2. The van der Waals surface area contributed by atoms with Crippen LogP contribution in [-0.4, -0.2) is 59.3 Å². The summed E-state index contributed by atoms with van der Waals surface area (Å²) in [6.45, 7) is 7.35. The van der Waals surface area contributed by atoms with E-state index >= 15 is 0 Å². The van der Waals surface area contributed by atoms with Crippen molar-refractivity contribution in [2.75, 3.05) is 19.7 Å². The van der Waals surface area contributed by atoms with Crippen LogP contribution in [0.3, 0.4) is 0 Å². The summed E-state index contributed by atoms with van der Waals surface area (Å²) < 4.78 is 13.0. The van der Waals surface area contributed by atoms with E-state index in [9.17, 15) is 19.6 Å². The molecule has 0 radical (unpaired) electrons. The predicted molar refractivity (Wildman–Crippen MR) is 107 cm³/mol. The molecule has 2 aliphatic rings. The molecule has 1 aromatic heterocycles. The molecule has 3 heterocycles. The number of amides is 3. The van der Waals surface area contributed by atoms with E-state index in [1.807, 2.05) is 26.0 Å². The lowest BCUT2D eigenvalue weighted by Gasteiger charge is -2.17. The standard InChI is InChI=1S/C21H26N4O5/c1-13-9-16(14(2)25(13)12-18-5-4-8-29-18)10-17(11-22)20(27)30-15(3)19(26)24-7-6-23-21(24)28/h9-10,15,18H,4-8,12H2,1-3H3,(H,23,28)/b17-10+/t15-,18+/m0/s1. The van der Waals surface area contributed by atoms with Crippen LogP contribution >= 0.6 is 0 Å². The molecule has 0 unspecified atom stereocenters. The fraction of sp³-hybridized carbons (Fsp3) is 0.524. The molecule has 3 rings (SSSR count). The number of carbonyl (C=O) groups excluding carboxylic acids is 3. The van der Waals surface area contributed by atoms with E-state index in [2.05, 4.69) is 9.88 Å². The molecule has 2 aliphatic heterocycles. The van der Waals surface area contributed by atoms with Crippen molar-refractivity contribution in [1.82, 2.24) is 14.8 Å². The van der Waals surface area contributed by atoms with Crippen LogP contribution in [0.25, 0.3) is 6.08 Å². The monoisotopic (exact) mass is 414 g/mol. The quantitative estimate of drug-likeness (QED) is 0.430. The number of nitrogens with zero attached hydrogens (tertiary/aromatic N) is 3. The van der Waals surface area contributed by atoms with E-state index < -0.39 is 24.0 Å². The number of hydrogen-bond acceptors (Lipinski definition) is 6. The molecule has 0 aliphatic carbocycles. The number of imide groups is 1.